The lowest BCUT2D eigenvalue weighted by atomic mass is 9.97. The monoisotopic (exact) mass is 304 g/mol. The van der Waals surface area contributed by atoms with E-state index in [1.165, 1.54) is 31.5 Å². The molecule has 0 amide bonds. The summed E-state index contributed by atoms with van der Waals surface area (Å²) in [5.74, 6) is 1.67. The number of benzene rings is 1. The molecule has 2 fully saturated rings. The first-order valence-corrected chi connectivity index (χ1v) is 8.59. The number of likely N-dealkylation sites (tertiary alicyclic amines) is 1. The molecule has 122 valence electrons. The van der Waals surface area contributed by atoms with Crippen LogP contribution in [0.3, 0.4) is 0 Å². The predicted octanol–water partition coefficient (Wildman–Crippen LogP) is 2.42. The van der Waals surface area contributed by atoms with Crippen molar-refractivity contribution in [3.8, 4) is 5.75 Å². The standard InChI is InChI=1S/C18H28N2O2/c19-12-15-7-9-20(10-8-15)13-16-3-5-17(6-4-16)22-14-18-2-1-11-21-18/h3-6,15,18H,1-2,7-14,19H2. The quantitative estimate of drug-likeness (QED) is 0.877. The third kappa shape index (κ3) is 4.45. The van der Waals surface area contributed by atoms with E-state index < -0.39 is 0 Å². The molecular formula is C18H28N2O2. The van der Waals surface area contributed by atoms with Crippen molar-refractivity contribution in [2.45, 2.75) is 38.3 Å². The van der Waals surface area contributed by atoms with Gasteiger partial charge < -0.3 is 15.2 Å². The Bertz CT molecular complexity index is 435. The van der Waals surface area contributed by atoms with Crippen molar-refractivity contribution >= 4 is 0 Å². The largest absolute Gasteiger partial charge is 0.491 e. The van der Waals surface area contributed by atoms with Gasteiger partial charge >= 0.3 is 0 Å². The van der Waals surface area contributed by atoms with Crippen LogP contribution in [0.5, 0.6) is 5.75 Å². The van der Waals surface area contributed by atoms with Gasteiger partial charge in [-0.2, -0.15) is 0 Å². The maximum atomic E-state index is 5.81. The summed E-state index contributed by atoms with van der Waals surface area (Å²) >= 11 is 0. The van der Waals surface area contributed by atoms with Crippen LogP contribution in [0.4, 0.5) is 0 Å². The van der Waals surface area contributed by atoms with Gasteiger partial charge in [-0.3, -0.25) is 4.90 Å². The first-order chi connectivity index (χ1) is 10.8. The Morgan fingerprint density at radius 2 is 1.91 bits per heavy atom. The molecule has 4 nitrogen and oxygen atoms in total. The summed E-state index contributed by atoms with van der Waals surface area (Å²) in [5, 5.41) is 0. The molecular weight excluding hydrogens is 276 g/mol. The lowest BCUT2D eigenvalue weighted by molar-refractivity contribution is 0.0679. The van der Waals surface area contributed by atoms with Gasteiger partial charge in [0, 0.05) is 13.2 Å². The molecule has 4 heteroatoms. The summed E-state index contributed by atoms with van der Waals surface area (Å²) in [7, 11) is 0. The molecule has 3 rings (SSSR count). The highest BCUT2D eigenvalue weighted by Gasteiger charge is 2.18. The molecule has 0 radical (unpaired) electrons. The van der Waals surface area contributed by atoms with Gasteiger partial charge in [0.05, 0.1) is 6.10 Å². The van der Waals surface area contributed by atoms with Gasteiger partial charge in [-0.15, -0.1) is 0 Å². The number of nitrogens with two attached hydrogens (primary N) is 1. The Morgan fingerprint density at radius 3 is 2.55 bits per heavy atom. The summed E-state index contributed by atoms with van der Waals surface area (Å²) < 4.78 is 11.4. The molecule has 0 saturated carbocycles. The molecule has 2 N–H and O–H groups in total. The van der Waals surface area contributed by atoms with Crippen LogP contribution in [-0.4, -0.2) is 43.9 Å². The zero-order valence-electron chi connectivity index (χ0n) is 13.4. The molecule has 1 unspecified atom stereocenters. The van der Waals surface area contributed by atoms with Crippen LogP contribution in [0.15, 0.2) is 24.3 Å². The van der Waals surface area contributed by atoms with E-state index in [1.807, 2.05) is 0 Å². The molecule has 0 bridgehead atoms. The third-order valence-corrected chi connectivity index (χ3v) is 4.83. The first-order valence-electron chi connectivity index (χ1n) is 8.59. The molecule has 2 aliphatic heterocycles. The Kier molecular flexibility index (Phi) is 5.70. The van der Waals surface area contributed by atoms with Crippen molar-refractivity contribution < 1.29 is 9.47 Å². The van der Waals surface area contributed by atoms with Crippen LogP contribution >= 0.6 is 0 Å². The Morgan fingerprint density at radius 1 is 1.14 bits per heavy atom. The van der Waals surface area contributed by atoms with Crippen LogP contribution in [0.1, 0.15) is 31.2 Å². The van der Waals surface area contributed by atoms with Gasteiger partial charge in [-0.25, -0.2) is 0 Å². The van der Waals surface area contributed by atoms with Gasteiger partial charge in [0.25, 0.3) is 0 Å². The van der Waals surface area contributed by atoms with Gasteiger partial charge in [-0.1, -0.05) is 12.1 Å². The fourth-order valence-electron chi connectivity index (χ4n) is 3.29. The Labute approximate surface area is 133 Å². The molecule has 0 aliphatic carbocycles. The lowest BCUT2D eigenvalue weighted by Crippen LogP contribution is -2.35. The van der Waals surface area contributed by atoms with Crippen LogP contribution in [0.2, 0.25) is 0 Å². The van der Waals surface area contributed by atoms with Crippen LogP contribution in [0.25, 0.3) is 0 Å². The second-order valence-corrected chi connectivity index (χ2v) is 6.55. The first kappa shape index (κ1) is 15.8. The molecule has 0 aromatic heterocycles. The normalized spacial score (nSPS) is 23.8. The highest BCUT2D eigenvalue weighted by molar-refractivity contribution is 5.27. The van der Waals surface area contributed by atoms with Gasteiger partial charge in [0.15, 0.2) is 0 Å². The fourth-order valence-corrected chi connectivity index (χ4v) is 3.29. The van der Waals surface area contributed by atoms with E-state index in [-0.39, 0.29) is 6.10 Å². The zero-order chi connectivity index (χ0) is 15.2. The minimum Gasteiger partial charge on any atom is -0.491 e. The number of rotatable bonds is 6. The van der Waals surface area contributed by atoms with Crippen LogP contribution < -0.4 is 10.5 Å². The average molecular weight is 304 g/mol. The van der Waals surface area contributed by atoms with Crippen molar-refractivity contribution in [1.29, 1.82) is 0 Å². The van der Waals surface area contributed by atoms with Crippen molar-refractivity contribution in [2.75, 3.05) is 32.8 Å². The van der Waals surface area contributed by atoms with E-state index in [4.69, 9.17) is 15.2 Å². The molecule has 1 aromatic carbocycles. The average Bonchev–Trinajstić information content (AvgIpc) is 3.08. The minimum atomic E-state index is 0.281. The minimum absolute atomic E-state index is 0.281. The molecule has 1 atom stereocenters. The molecule has 2 heterocycles. The highest BCUT2D eigenvalue weighted by atomic mass is 16.5. The van der Waals surface area contributed by atoms with Gasteiger partial charge in [0.1, 0.15) is 12.4 Å². The van der Waals surface area contributed by atoms with E-state index in [0.29, 0.717) is 6.61 Å². The van der Waals surface area contributed by atoms with Gasteiger partial charge in [-0.05, 0) is 68.9 Å². The zero-order valence-corrected chi connectivity index (χ0v) is 13.4. The number of nitrogens with zero attached hydrogens (tertiary/aromatic N) is 1. The van der Waals surface area contributed by atoms with Gasteiger partial charge in [0.2, 0.25) is 0 Å². The molecule has 2 aliphatic rings. The number of hydrogen-bond acceptors (Lipinski definition) is 4. The van der Waals surface area contributed by atoms with E-state index in [9.17, 15) is 0 Å². The molecule has 2 saturated heterocycles. The van der Waals surface area contributed by atoms with Crippen LogP contribution in [-0.2, 0) is 11.3 Å². The maximum absolute atomic E-state index is 5.81. The smallest absolute Gasteiger partial charge is 0.119 e. The lowest BCUT2D eigenvalue weighted by Gasteiger charge is -2.31. The topological polar surface area (TPSA) is 47.7 Å². The van der Waals surface area contributed by atoms with E-state index >= 15 is 0 Å². The van der Waals surface area contributed by atoms with E-state index in [0.717, 1.165) is 44.2 Å². The van der Waals surface area contributed by atoms with Crippen molar-refractivity contribution in [2.24, 2.45) is 11.7 Å². The second-order valence-electron chi connectivity index (χ2n) is 6.55. The third-order valence-electron chi connectivity index (χ3n) is 4.83. The van der Waals surface area contributed by atoms with E-state index in [1.54, 1.807) is 0 Å². The summed E-state index contributed by atoms with van der Waals surface area (Å²) in [5.41, 5.74) is 7.11. The molecule has 0 spiro atoms. The SMILES string of the molecule is NCC1CCN(Cc2ccc(OCC3CCCO3)cc2)CC1. The number of piperidine rings is 1. The Balaban J connectivity index is 1.43. The van der Waals surface area contributed by atoms with Crippen molar-refractivity contribution in [3.63, 3.8) is 0 Å². The summed E-state index contributed by atoms with van der Waals surface area (Å²) in [4.78, 5) is 2.52. The number of ether oxygens (including phenoxy) is 2. The summed E-state index contributed by atoms with van der Waals surface area (Å²) in [6.07, 6.45) is 5.03. The highest BCUT2D eigenvalue weighted by Crippen LogP contribution is 2.20. The fraction of sp³-hybridized carbons (Fsp3) is 0.667. The van der Waals surface area contributed by atoms with Crippen molar-refractivity contribution in [3.05, 3.63) is 29.8 Å². The maximum Gasteiger partial charge on any atom is 0.119 e. The molecule has 22 heavy (non-hydrogen) atoms. The van der Waals surface area contributed by atoms with Crippen molar-refractivity contribution in [1.82, 2.24) is 4.90 Å². The summed E-state index contributed by atoms with van der Waals surface area (Å²) in [6, 6.07) is 8.52. The number of hydrogen-bond donors (Lipinski definition) is 1. The summed E-state index contributed by atoms with van der Waals surface area (Å²) in [6.45, 7) is 5.76. The Hall–Kier alpha value is -1.10. The van der Waals surface area contributed by atoms with E-state index in [2.05, 4.69) is 29.2 Å². The molecule has 1 aromatic rings. The second kappa shape index (κ2) is 7.95. The predicted molar refractivity (Wildman–Crippen MR) is 88.0 cm³/mol. The van der Waals surface area contributed by atoms with Crippen LogP contribution in [0, 0.1) is 5.92 Å².